The van der Waals surface area contributed by atoms with E-state index in [2.05, 4.69) is 43.3 Å². The summed E-state index contributed by atoms with van der Waals surface area (Å²) in [6.45, 7) is 0.781. The Hall–Kier alpha value is 0.620. The fourth-order valence-corrected chi connectivity index (χ4v) is 3.12. The molecule has 0 fully saturated rings. The van der Waals surface area contributed by atoms with Gasteiger partial charge in [-0.2, -0.15) is 0 Å². The van der Waals surface area contributed by atoms with Crippen molar-refractivity contribution in [1.82, 2.24) is 0 Å². The van der Waals surface area contributed by atoms with E-state index >= 15 is 0 Å². The van der Waals surface area contributed by atoms with Crippen molar-refractivity contribution in [3.05, 3.63) is 20.8 Å². The maximum Gasteiger partial charge on any atom is 0.0587 e. The molecule has 0 spiro atoms. The predicted molar refractivity (Wildman–Crippen MR) is 64.9 cm³/mol. The smallest absolute Gasteiger partial charge is 0.0587 e. The summed E-state index contributed by atoms with van der Waals surface area (Å²) in [6, 6.07) is 2.10. The van der Waals surface area contributed by atoms with E-state index < -0.39 is 0 Å². The first kappa shape index (κ1) is 11.7. The molecule has 1 nitrogen and oxygen atoms in total. The van der Waals surface area contributed by atoms with Crippen molar-refractivity contribution in [2.45, 2.75) is 17.7 Å². The quantitative estimate of drug-likeness (QED) is 0.746. The van der Waals surface area contributed by atoms with Crippen LogP contribution in [0.1, 0.15) is 11.3 Å². The number of ether oxygens (including phenoxy) is 1. The molecule has 0 N–H and O–H groups in total. The molecule has 0 bridgehead atoms. The average molecular weight is 328 g/mol. The van der Waals surface area contributed by atoms with Gasteiger partial charge in [0.05, 0.1) is 6.61 Å². The van der Waals surface area contributed by atoms with Crippen LogP contribution in [0.15, 0.2) is 15.9 Å². The fraction of sp³-hybridized carbons (Fsp3) is 0.556. The largest absolute Gasteiger partial charge is 0.384 e. The van der Waals surface area contributed by atoms with E-state index in [4.69, 9.17) is 4.74 Å². The molecular weight excluding hydrogens is 316 g/mol. The molecule has 1 atom stereocenters. The third-order valence-electron chi connectivity index (χ3n) is 1.72. The number of rotatable bonds is 5. The van der Waals surface area contributed by atoms with Crippen LogP contribution in [0.4, 0.5) is 0 Å². The molecule has 0 saturated heterocycles. The summed E-state index contributed by atoms with van der Waals surface area (Å²) in [5.41, 5.74) is 0. The number of alkyl halides is 1. The molecule has 0 radical (unpaired) electrons. The summed E-state index contributed by atoms with van der Waals surface area (Å²) in [5.74, 6) is 0. The number of hydrogen-bond donors (Lipinski definition) is 0. The van der Waals surface area contributed by atoms with Crippen LogP contribution in [-0.4, -0.2) is 18.5 Å². The second kappa shape index (κ2) is 6.17. The standard InChI is InChI=1S/C9H12Br2OS/c1-12-6-7(10)2-3-9-8(11)4-5-13-9/h4-5,7H,2-3,6H2,1H3. The van der Waals surface area contributed by atoms with Crippen molar-refractivity contribution >= 4 is 43.2 Å². The zero-order chi connectivity index (χ0) is 9.68. The third kappa shape index (κ3) is 4.11. The highest BCUT2D eigenvalue weighted by molar-refractivity contribution is 9.10. The van der Waals surface area contributed by atoms with Crippen LogP contribution in [0.5, 0.6) is 0 Å². The Morgan fingerprint density at radius 3 is 2.92 bits per heavy atom. The SMILES string of the molecule is COCC(Br)CCc1sccc1Br. The molecule has 13 heavy (non-hydrogen) atoms. The van der Waals surface area contributed by atoms with Crippen molar-refractivity contribution < 1.29 is 4.74 Å². The lowest BCUT2D eigenvalue weighted by Gasteiger charge is -2.06. The molecule has 0 aliphatic carbocycles. The summed E-state index contributed by atoms with van der Waals surface area (Å²) in [4.78, 5) is 1.88. The van der Waals surface area contributed by atoms with Crippen LogP contribution in [0.3, 0.4) is 0 Å². The van der Waals surface area contributed by atoms with Crippen molar-refractivity contribution in [3.8, 4) is 0 Å². The fourth-order valence-electron chi connectivity index (χ4n) is 1.06. The van der Waals surface area contributed by atoms with Crippen LogP contribution in [-0.2, 0) is 11.2 Å². The van der Waals surface area contributed by atoms with Gasteiger partial charge in [0.15, 0.2) is 0 Å². The Labute approximate surface area is 99.7 Å². The van der Waals surface area contributed by atoms with Gasteiger partial charge in [0, 0.05) is 21.3 Å². The summed E-state index contributed by atoms with van der Waals surface area (Å²) < 4.78 is 6.28. The molecule has 1 aromatic rings. The number of halogens is 2. The van der Waals surface area contributed by atoms with Gasteiger partial charge < -0.3 is 4.74 Å². The van der Waals surface area contributed by atoms with E-state index in [1.807, 2.05) is 0 Å². The Morgan fingerprint density at radius 2 is 2.38 bits per heavy atom. The van der Waals surface area contributed by atoms with Crippen LogP contribution in [0.2, 0.25) is 0 Å². The zero-order valence-electron chi connectivity index (χ0n) is 7.43. The van der Waals surface area contributed by atoms with Gasteiger partial charge in [-0.05, 0) is 40.2 Å². The van der Waals surface area contributed by atoms with E-state index in [1.54, 1.807) is 18.4 Å². The van der Waals surface area contributed by atoms with Gasteiger partial charge in [0.25, 0.3) is 0 Å². The molecule has 0 aliphatic heterocycles. The summed E-state index contributed by atoms with van der Waals surface area (Å²) in [7, 11) is 1.73. The Morgan fingerprint density at radius 1 is 1.62 bits per heavy atom. The number of methoxy groups -OCH3 is 1. The summed E-state index contributed by atoms with van der Waals surface area (Å²) >= 11 is 8.89. The van der Waals surface area contributed by atoms with Crippen molar-refractivity contribution in [3.63, 3.8) is 0 Å². The van der Waals surface area contributed by atoms with E-state index in [-0.39, 0.29) is 0 Å². The number of thiophene rings is 1. The van der Waals surface area contributed by atoms with Crippen molar-refractivity contribution in [1.29, 1.82) is 0 Å². The van der Waals surface area contributed by atoms with E-state index in [9.17, 15) is 0 Å². The normalized spacial score (nSPS) is 13.2. The molecule has 4 heteroatoms. The molecule has 0 amide bonds. The third-order valence-corrected chi connectivity index (χ3v) is 4.43. The van der Waals surface area contributed by atoms with Crippen LogP contribution in [0.25, 0.3) is 0 Å². The van der Waals surface area contributed by atoms with Gasteiger partial charge in [-0.1, -0.05) is 15.9 Å². The van der Waals surface area contributed by atoms with Crippen LogP contribution < -0.4 is 0 Å². The predicted octanol–water partition coefficient (Wildman–Crippen LogP) is 3.85. The minimum Gasteiger partial charge on any atom is -0.384 e. The molecule has 1 aromatic heterocycles. The van der Waals surface area contributed by atoms with Crippen molar-refractivity contribution in [2.75, 3.05) is 13.7 Å². The molecule has 1 unspecified atom stereocenters. The van der Waals surface area contributed by atoms with Crippen LogP contribution in [0, 0.1) is 0 Å². The Balaban J connectivity index is 2.30. The maximum atomic E-state index is 5.05. The summed E-state index contributed by atoms with van der Waals surface area (Å²) in [6.07, 6.45) is 2.23. The number of aryl methyl sites for hydroxylation is 1. The Kier molecular flexibility index (Phi) is 5.55. The second-order valence-electron chi connectivity index (χ2n) is 2.78. The van der Waals surface area contributed by atoms with Gasteiger partial charge in [-0.15, -0.1) is 11.3 Å². The average Bonchev–Trinajstić information content (AvgIpc) is 2.48. The summed E-state index contributed by atoms with van der Waals surface area (Å²) in [5, 5.41) is 2.11. The monoisotopic (exact) mass is 326 g/mol. The second-order valence-corrected chi connectivity index (χ2v) is 5.93. The maximum absolute atomic E-state index is 5.05. The van der Waals surface area contributed by atoms with Gasteiger partial charge in [-0.3, -0.25) is 0 Å². The first-order valence-electron chi connectivity index (χ1n) is 4.09. The molecular formula is C9H12Br2OS. The zero-order valence-corrected chi connectivity index (χ0v) is 11.4. The topological polar surface area (TPSA) is 9.23 Å². The molecule has 1 rings (SSSR count). The number of hydrogen-bond acceptors (Lipinski definition) is 2. The molecule has 0 aliphatic rings. The van der Waals surface area contributed by atoms with E-state index in [0.29, 0.717) is 4.83 Å². The van der Waals surface area contributed by atoms with Gasteiger partial charge in [0.2, 0.25) is 0 Å². The first-order valence-corrected chi connectivity index (χ1v) is 6.67. The molecule has 1 heterocycles. The minimum absolute atomic E-state index is 0.464. The van der Waals surface area contributed by atoms with Gasteiger partial charge in [-0.25, -0.2) is 0 Å². The highest BCUT2D eigenvalue weighted by atomic mass is 79.9. The van der Waals surface area contributed by atoms with Gasteiger partial charge in [0.1, 0.15) is 0 Å². The van der Waals surface area contributed by atoms with Crippen molar-refractivity contribution in [2.24, 2.45) is 0 Å². The molecule has 74 valence electrons. The van der Waals surface area contributed by atoms with E-state index in [0.717, 1.165) is 19.4 Å². The van der Waals surface area contributed by atoms with Crippen LogP contribution >= 0.6 is 43.2 Å². The first-order chi connectivity index (χ1) is 6.24. The Bertz CT molecular complexity index is 250. The van der Waals surface area contributed by atoms with E-state index in [1.165, 1.54) is 9.35 Å². The molecule has 0 saturated carbocycles. The van der Waals surface area contributed by atoms with Gasteiger partial charge >= 0.3 is 0 Å². The molecule has 0 aromatic carbocycles. The lowest BCUT2D eigenvalue weighted by molar-refractivity contribution is 0.198. The lowest BCUT2D eigenvalue weighted by Crippen LogP contribution is -2.07. The highest BCUT2D eigenvalue weighted by Gasteiger charge is 2.06. The highest BCUT2D eigenvalue weighted by Crippen LogP contribution is 2.25. The lowest BCUT2D eigenvalue weighted by atomic mass is 10.2. The minimum atomic E-state index is 0.464.